The van der Waals surface area contributed by atoms with E-state index in [1.54, 1.807) is 30.3 Å². The summed E-state index contributed by atoms with van der Waals surface area (Å²) in [5.74, 6) is -0.163. The van der Waals surface area contributed by atoms with Crippen molar-refractivity contribution in [3.63, 3.8) is 0 Å². The first kappa shape index (κ1) is 15.6. The number of carbonyl (C=O) groups is 1. The number of rotatable bonds is 2. The Balaban J connectivity index is 1.99. The van der Waals surface area contributed by atoms with E-state index in [1.807, 2.05) is 12.1 Å². The van der Waals surface area contributed by atoms with Crippen LogP contribution in [0.25, 0.3) is 0 Å². The molecule has 6 heteroatoms. The molecule has 22 heavy (non-hydrogen) atoms. The van der Waals surface area contributed by atoms with Crippen LogP contribution in [0.4, 0.5) is 0 Å². The second kappa shape index (κ2) is 6.47. The van der Waals surface area contributed by atoms with Crippen LogP contribution in [0.5, 0.6) is 0 Å². The van der Waals surface area contributed by atoms with Gasteiger partial charge in [-0.3, -0.25) is 4.79 Å². The molecule has 3 rings (SSSR count). The third-order valence-electron chi connectivity index (χ3n) is 3.46. The van der Waals surface area contributed by atoms with Gasteiger partial charge < -0.3 is 10.1 Å². The molecule has 1 aliphatic rings. The first-order valence-corrected chi connectivity index (χ1v) is 7.79. The average Bonchev–Trinajstić information content (AvgIpc) is 2.47. The van der Waals surface area contributed by atoms with Gasteiger partial charge in [0.15, 0.2) is 0 Å². The molecule has 2 aromatic rings. The number of ether oxygens (including phenoxy) is 1. The number of hydrogen-bond acceptors (Lipinski definition) is 2. The van der Waals surface area contributed by atoms with Crippen molar-refractivity contribution in [1.29, 1.82) is 0 Å². The van der Waals surface area contributed by atoms with Crippen molar-refractivity contribution < 1.29 is 9.53 Å². The van der Waals surface area contributed by atoms with Crippen molar-refractivity contribution in [2.75, 3.05) is 6.61 Å². The zero-order valence-corrected chi connectivity index (χ0v) is 13.6. The normalized spacial score (nSPS) is 21.5. The van der Waals surface area contributed by atoms with Crippen LogP contribution in [0.2, 0.25) is 15.1 Å². The molecule has 0 aromatic heterocycles. The van der Waals surface area contributed by atoms with E-state index in [1.165, 1.54) is 0 Å². The van der Waals surface area contributed by atoms with Gasteiger partial charge in [-0.2, -0.15) is 0 Å². The van der Waals surface area contributed by atoms with Crippen molar-refractivity contribution in [1.82, 2.24) is 5.32 Å². The fraction of sp³-hybridized carbons (Fsp3) is 0.188. The Morgan fingerprint density at radius 3 is 2.18 bits per heavy atom. The van der Waals surface area contributed by atoms with Crippen LogP contribution in [0, 0.1) is 0 Å². The third-order valence-corrected chi connectivity index (χ3v) is 4.14. The van der Waals surface area contributed by atoms with Gasteiger partial charge in [0.25, 0.3) is 0 Å². The topological polar surface area (TPSA) is 38.3 Å². The molecule has 0 spiro atoms. The summed E-state index contributed by atoms with van der Waals surface area (Å²) in [7, 11) is 0. The molecule has 2 unspecified atom stereocenters. The smallest absolute Gasteiger partial charge is 0.246 e. The molecule has 0 aliphatic carbocycles. The van der Waals surface area contributed by atoms with Gasteiger partial charge in [0, 0.05) is 15.1 Å². The van der Waals surface area contributed by atoms with Gasteiger partial charge in [0.1, 0.15) is 12.7 Å². The quantitative estimate of drug-likeness (QED) is 0.855. The molecule has 2 atom stereocenters. The molecule has 1 N–H and O–H groups in total. The van der Waals surface area contributed by atoms with E-state index in [4.69, 9.17) is 39.5 Å². The summed E-state index contributed by atoms with van der Waals surface area (Å²) in [6.07, 6.45) is -0.366. The Morgan fingerprint density at radius 1 is 0.909 bits per heavy atom. The molecule has 2 aromatic carbocycles. The highest BCUT2D eigenvalue weighted by Gasteiger charge is 2.32. The van der Waals surface area contributed by atoms with Crippen molar-refractivity contribution >= 4 is 40.7 Å². The summed E-state index contributed by atoms with van der Waals surface area (Å²) in [4.78, 5) is 11.7. The molecule has 0 bridgehead atoms. The van der Waals surface area contributed by atoms with Crippen molar-refractivity contribution in [3.8, 4) is 0 Å². The molecule has 114 valence electrons. The van der Waals surface area contributed by atoms with E-state index in [9.17, 15) is 4.79 Å². The molecule has 0 saturated carbocycles. The summed E-state index contributed by atoms with van der Waals surface area (Å²) in [5.41, 5.74) is 1.72. The van der Waals surface area contributed by atoms with Crippen LogP contribution in [0.1, 0.15) is 23.3 Å². The zero-order chi connectivity index (χ0) is 15.7. The monoisotopic (exact) mass is 355 g/mol. The van der Waals surface area contributed by atoms with Crippen LogP contribution in [-0.2, 0) is 9.53 Å². The van der Waals surface area contributed by atoms with Gasteiger partial charge in [-0.05, 0) is 41.5 Å². The maximum atomic E-state index is 11.7. The van der Waals surface area contributed by atoms with Gasteiger partial charge in [0.05, 0.1) is 6.04 Å². The van der Waals surface area contributed by atoms with Crippen LogP contribution >= 0.6 is 34.8 Å². The lowest BCUT2D eigenvalue weighted by Crippen LogP contribution is -2.41. The molecule has 1 heterocycles. The summed E-state index contributed by atoms with van der Waals surface area (Å²) in [5, 5.41) is 4.63. The maximum absolute atomic E-state index is 11.7. The van der Waals surface area contributed by atoms with Crippen LogP contribution < -0.4 is 5.32 Å². The zero-order valence-electron chi connectivity index (χ0n) is 11.4. The van der Waals surface area contributed by atoms with Gasteiger partial charge in [-0.1, -0.05) is 46.9 Å². The van der Waals surface area contributed by atoms with Crippen molar-refractivity contribution in [2.45, 2.75) is 12.1 Å². The molecule has 3 nitrogen and oxygen atoms in total. The molecule has 0 radical (unpaired) electrons. The molecule has 1 amide bonds. The van der Waals surface area contributed by atoms with Gasteiger partial charge in [-0.25, -0.2) is 0 Å². The molecular formula is C16H12Cl3NO2. The lowest BCUT2D eigenvalue weighted by atomic mass is 9.94. The van der Waals surface area contributed by atoms with Gasteiger partial charge in [0.2, 0.25) is 5.91 Å². The maximum Gasteiger partial charge on any atom is 0.246 e. The second-order valence-electron chi connectivity index (χ2n) is 5.03. The molecule has 1 fully saturated rings. The van der Waals surface area contributed by atoms with E-state index in [2.05, 4.69) is 5.32 Å². The number of benzene rings is 2. The number of amides is 1. The Kier molecular flexibility index (Phi) is 4.59. The lowest BCUT2D eigenvalue weighted by Gasteiger charge is -2.33. The van der Waals surface area contributed by atoms with Crippen molar-refractivity contribution in [2.24, 2.45) is 0 Å². The average molecular weight is 357 g/mol. The van der Waals surface area contributed by atoms with Gasteiger partial charge >= 0.3 is 0 Å². The molecule has 1 aliphatic heterocycles. The van der Waals surface area contributed by atoms with E-state index in [0.717, 1.165) is 11.1 Å². The minimum atomic E-state index is -0.366. The molecule has 1 saturated heterocycles. The van der Waals surface area contributed by atoms with Crippen LogP contribution in [0.3, 0.4) is 0 Å². The first-order valence-electron chi connectivity index (χ1n) is 6.65. The fourth-order valence-electron chi connectivity index (χ4n) is 2.51. The van der Waals surface area contributed by atoms with E-state index in [0.29, 0.717) is 15.1 Å². The number of morpholine rings is 1. The lowest BCUT2D eigenvalue weighted by molar-refractivity contribution is -0.137. The predicted molar refractivity (Wildman–Crippen MR) is 87.5 cm³/mol. The predicted octanol–water partition coefficient (Wildman–Crippen LogP) is 4.58. The standard InChI is InChI=1S/C16H12Cl3NO2/c17-11-3-1-9(2-4-11)15-16(22-8-14(21)20-15)10-5-12(18)7-13(19)6-10/h1-7,15-16H,8H2,(H,20,21). The Morgan fingerprint density at radius 2 is 1.55 bits per heavy atom. The third kappa shape index (κ3) is 3.39. The fourth-order valence-corrected chi connectivity index (χ4v) is 3.18. The molecular weight excluding hydrogens is 345 g/mol. The first-order chi connectivity index (χ1) is 10.5. The highest BCUT2D eigenvalue weighted by Crippen LogP contribution is 2.37. The van der Waals surface area contributed by atoms with E-state index in [-0.39, 0.29) is 24.7 Å². The highest BCUT2D eigenvalue weighted by molar-refractivity contribution is 6.34. The van der Waals surface area contributed by atoms with E-state index < -0.39 is 0 Å². The number of carbonyl (C=O) groups excluding carboxylic acids is 1. The summed E-state index contributed by atoms with van der Waals surface area (Å²) >= 11 is 18.1. The number of nitrogens with one attached hydrogen (secondary N) is 1. The Bertz CT molecular complexity index is 683. The van der Waals surface area contributed by atoms with Crippen molar-refractivity contribution in [3.05, 3.63) is 68.7 Å². The largest absolute Gasteiger partial charge is 0.361 e. The van der Waals surface area contributed by atoms with Crippen LogP contribution in [-0.4, -0.2) is 12.5 Å². The number of halogens is 3. The van der Waals surface area contributed by atoms with E-state index >= 15 is 0 Å². The van der Waals surface area contributed by atoms with Gasteiger partial charge in [-0.15, -0.1) is 0 Å². The SMILES string of the molecule is O=C1COC(c2cc(Cl)cc(Cl)c2)C(c2ccc(Cl)cc2)N1. The minimum absolute atomic E-state index is 0.00110. The summed E-state index contributed by atoms with van der Waals surface area (Å²) in [6, 6.07) is 12.2. The van der Waals surface area contributed by atoms with Crippen LogP contribution in [0.15, 0.2) is 42.5 Å². The highest BCUT2D eigenvalue weighted by atomic mass is 35.5. The number of hydrogen-bond donors (Lipinski definition) is 1. The summed E-state index contributed by atoms with van der Waals surface area (Å²) < 4.78 is 5.72. The minimum Gasteiger partial charge on any atom is -0.361 e. The second-order valence-corrected chi connectivity index (χ2v) is 6.34. The Labute approximate surface area is 143 Å². The summed E-state index contributed by atoms with van der Waals surface area (Å²) in [6.45, 7) is -0.00110. The Hall–Kier alpha value is -1.26.